The number of nitriles is 1. The second kappa shape index (κ2) is 15.9. The number of fused-ring (bicyclic) bond motifs is 1. The van der Waals surface area contributed by atoms with Crippen molar-refractivity contribution in [1.29, 1.82) is 5.26 Å². The lowest BCUT2D eigenvalue weighted by atomic mass is 9.71. The first-order valence-electron chi connectivity index (χ1n) is 20.7. The van der Waals surface area contributed by atoms with Crippen molar-refractivity contribution in [3.05, 3.63) is 75.9 Å². The van der Waals surface area contributed by atoms with Crippen molar-refractivity contribution in [2.75, 3.05) is 49.1 Å². The summed E-state index contributed by atoms with van der Waals surface area (Å²) < 4.78 is 6.08. The van der Waals surface area contributed by atoms with Gasteiger partial charge in [-0.3, -0.25) is 34.2 Å². The van der Waals surface area contributed by atoms with Crippen molar-refractivity contribution in [3.8, 4) is 11.8 Å². The molecule has 59 heavy (non-hydrogen) atoms. The molecule has 2 N–H and O–H groups in total. The van der Waals surface area contributed by atoms with Gasteiger partial charge < -0.3 is 24.8 Å². The van der Waals surface area contributed by atoms with Crippen LogP contribution in [0.15, 0.2) is 48.5 Å². The Bertz CT molecular complexity index is 2210. The fraction of sp³-hybridized carbons (Fsp3) is 0.488. The zero-order valence-electron chi connectivity index (χ0n) is 32.7. The zero-order valence-corrected chi connectivity index (χ0v) is 33.5. The third-order valence-electron chi connectivity index (χ3n) is 13.3. The van der Waals surface area contributed by atoms with E-state index in [9.17, 15) is 24.0 Å². The van der Waals surface area contributed by atoms with Crippen molar-refractivity contribution in [1.82, 2.24) is 30.6 Å². The first-order valence-corrected chi connectivity index (χ1v) is 21.0. The van der Waals surface area contributed by atoms with E-state index in [1.165, 1.54) is 0 Å². The molecule has 5 fully saturated rings. The number of rotatable bonds is 8. The summed E-state index contributed by atoms with van der Waals surface area (Å²) in [7, 11) is 0. The topological polar surface area (TPSA) is 181 Å². The van der Waals surface area contributed by atoms with Crippen molar-refractivity contribution in [2.24, 2.45) is 5.41 Å². The van der Waals surface area contributed by atoms with Gasteiger partial charge in [-0.25, -0.2) is 0 Å². The van der Waals surface area contributed by atoms with E-state index in [2.05, 4.69) is 41.6 Å². The molecule has 5 amide bonds. The second-order valence-electron chi connectivity index (χ2n) is 16.9. The predicted molar refractivity (Wildman–Crippen MR) is 216 cm³/mol. The Labute approximate surface area is 347 Å². The van der Waals surface area contributed by atoms with Gasteiger partial charge >= 0.3 is 0 Å². The highest BCUT2D eigenvalue weighted by Gasteiger charge is 2.48. The molecule has 5 aliphatic heterocycles. The van der Waals surface area contributed by atoms with Crippen molar-refractivity contribution < 1.29 is 28.7 Å². The van der Waals surface area contributed by atoms with Gasteiger partial charge in [0.05, 0.1) is 27.8 Å². The number of benzene rings is 2. The average Bonchev–Trinajstić information content (AvgIpc) is 3.48. The van der Waals surface area contributed by atoms with Crippen LogP contribution in [0.2, 0.25) is 5.02 Å². The number of aromatic nitrogens is 2. The lowest BCUT2D eigenvalue weighted by molar-refractivity contribution is -0.136. The van der Waals surface area contributed by atoms with Crippen LogP contribution in [0.4, 0.5) is 11.5 Å². The van der Waals surface area contributed by atoms with E-state index < -0.39 is 29.7 Å². The standard InChI is InChI=1S/C43H46ClN9O6/c44-34-22-31(5-1-26(34)23-45)59-30-6-2-27(3-7-30)46-39(55)35-9-11-37(49-48-35)51-17-13-28(14-18-51)50-19-15-43(16-20-50)24-52(25-43)29-4-8-32-33(21-29)42(58)53(41(32)57)36-10-12-38(54)47-40(36)56/h1,4-5,8-9,11,21-22,27-28,30,36H,2-3,6-7,10,12-20,24-25H2,(H,46,55)(H,47,54,56)/t27-,30-,36?. The Morgan fingerprint density at radius 2 is 1.59 bits per heavy atom. The minimum absolute atomic E-state index is 0.0213. The van der Waals surface area contributed by atoms with Crippen molar-refractivity contribution >= 4 is 52.6 Å². The van der Waals surface area contributed by atoms with Gasteiger partial charge in [0.2, 0.25) is 11.8 Å². The molecule has 1 aliphatic carbocycles. The third kappa shape index (κ3) is 7.71. The molecule has 16 heteroatoms. The number of halogens is 1. The van der Waals surface area contributed by atoms with Gasteiger partial charge in [0.25, 0.3) is 17.7 Å². The summed E-state index contributed by atoms with van der Waals surface area (Å²) in [5.41, 5.74) is 2.48. The number of carbonyl (C=O) groups is 5. The number of hydrogen-bond donors (Lipinski definition) is 2. The fourth-order valence-electron chi connectivity index (χ4n) is 9.79. The molecule has 3 aromatic rings. The number of anilines is 2. The van der Waals surface area contributed by atoms with Crippen LogP contribution < -0.4 is 25.2 Å². The van der Waals surface area contributed by atoms with E-state index in [0.717, 1.165) is 107 Å². The van der Waals surface area contributed by atoms with Gasteiger partial charge in [-0.05, 0) is 113 Å². The van der Waals surface area contributed by atoms with Gasteiger partial charge in [-0.1, -0.05) is 11.6 Å². The maximum Gasteiger partial charge on any atom is 0.272 e. The van der Waals surface area contributed by atoms with Crippen LogP contribution in [0.5, 0.6) is 5.75 Å². The first-order chi connectivity index (χ1) is 28.6. The number of piperidine rings is 3. The average molecular weight is 820 g/mol. The second-order valence-corrected chi connectivity index (χ2v) is 17.3. The van der Waals surface area contributed by atoms with E-state index in [0.29, 0.717) is 39.2 Å². The van der Waals surface area contributed by atoms with E-state index in [1.807, 2.05) is 12.1 Å². The molecule has 1 atom stereocenters. The van der Waals surface area contributed by atoms with Crippen LogP contribution in [-0.4, -0.2) is 113 Å². The number of nitrogens with one attached hydrogen (secondary N) is 2. The summed E-state index contributed by atoms with van der Waals surface area (Å²) in [5, 5.41) is 23.6. The molecule has 0 radical (unpaired) electrons. The molecule has 2 aromatic carbocycles. The Kier molecular flexibility index (Phi) is 10.5. The van der Waals surface area contributed by atoms with Crippen LogP contribution in [0.1, 0.15) is 101 Å². The van der Waals surface area contributed by atoms with E-state index >= 15 is 0 Å². The molecule has 9 rings (SSSR count). The molecule has 6 aliphatic rings. The van der Waals surface area contributed by atoms with E-state index in [4.69, 9.17) is 21.6 Å². The molecule has 1 saturated carbocycles. The van der Waals surface area contributed by atoms with Crippen molar-refractivity contribution in [2.45, 2.75) is 88.4 Å². The Morgan fingerprint density at radius 1 is 0.847 bits per heavy atom. The van der Waals surface area contributed by atoms with Gasteiger partial charge in [0.15, 0.2) is 11.5 Å². The lowest BCUT2D eigenvalue weighted by Crippen LogP contribution is -2.61. The molecule has 1 spiro atoms. The Morgan fingerprint density at radius 3 is 2.27 bits per heavy atom. The maximum absolute atomic E-state index is 13.3. The van der Waals surface area contributed by atoms with Gasteiger partial charge in [-0.2, -0.15) is 5.26 Å². The van der Waals surface area contributed by atoms with Crippen LogP contribution in [0, 0.1) is 16.7 Å². The number of nitrogens with zero attached hydrogens (tertiary/aromatic N) is 7. The summed E-state index contributed by atoms with van der Waals surface area (Å²) >= 11 is 6.15. The van der Waals surface area contributed by atoms with Gasteiger partial charge in [0, 0.05) is 61.9 Å². The van der Waals surface area contributed by atoms with Crippen LogP contribution >= 0.6 is 11.6 Å². The summed E-state index contributed by atoms with van der Waals surface area (Å²) in [6.07, 6.45) is 7.69. The molecular formula is C43H46ClN9O6. The molecule has 4 saturated heterocycles. The van der Waals surface area contributed by atoms with Crippen LogP contribution in [0.25, 0.3) is 0 Å². The number of likely N-dealkylation sites (tertiary alicyclic amines) is 1. The van der Waals surface area contributed by atoms with E-state index in [-0.39, 0.29) is 36.3 Å². The highest BCUT2D eigenvalue weighted by molar-refractivity contribution is 6.31. The largest absolute Gasteiger partial charge is 0.490 e. The summed E-state index contributed by atoms with van der Waals surface area (Å²) in [6, 6.07) is 15.7. The smallest absolute Gasteiger partial charge is 0.272 e. The maximum atomic E-state index is 13.3. The molecule has 0 bridgehead atoms. The molecule has 1 unspecified atom stereocenters. The summed E-state index contributed by atoms with van der Waals surface area (Å²) in [4.78, 5) is 71.8. The molecular weight excluding hydrogens is 774 g/mol. The summed E-state index contributed by atoms with van der Waals surface area (Å²) in [5.74, 6) is -0.750. The Hall–Kier alpha value is -5.59. The van der Waals surface area contributed by atoms with E-state index in [1.54, 1.807) is 36.4 Å². The zero-order chi connectivity index (χ0) is 40.8. The lowest BCUT2D eigenvalue weighted by Gasteiger charge is -2.56. The number of amides is 5. The highest BCUT2D eigenvalue weighted by atomic mass is 35.5. The SMILES string of the molecule is N#Cc1ccc(O[C@H]2CC[C@H](NC(=O)c3ccc(N4CCC(N5CCC6(CC5)CN(c5ccc7c(c5)C(=O)N(C5CCC(=O)NC5=O)C7=O)C6)CC4)nn3)CC2)cc1Cl. The molecule has 306 valence electrons. The van der Waals surface area contributed by atoms with Gasteiger partial charge in [0.1, 0.15) is 17.9 Å². The predicted octanol–water partition coefficient (Wildman–Crippen LogP) is 4.09. The molecule has 1 aromatic heterocycles. The number of hydrogen-bond acceptors (Lipinski definition) is 12. The highest BCUT2D eigenvalue weighted by Crippen LogP contribution is 2.44. The minimum Gasteiger partial charge on any atom is -0.490 e. The number of carbonyl (C=O) groups excluding carboxylic acids is 5. The minimum atomic E-state index is -0.969. The Balaban J connectivity index is 0.700. The molecule has 6 heterocycles. The monoisotopic (exact) mass is 819 g/mol. The quantitative estimate of drug-likeness (QED) is 0.311. The van der Waals surface area contributed by atoms with Crippen molar-refractivity contribution in [3.63, 3.8) is 0 Å². The number of imide groups is 2. The third-order valence-corrected chi connectivity index (χ3v) is 13.6. The molecule has 15 nitrogen and oxygen atoms in total. The van der Waals surface area contributed by atoms with Crippen LogP contribution in [-0.2, 0) is 9.59 Å². The van der Waals surface area contributed by atoms with Gasteiger partial charge in [-0.15, -0.1) is 10.2 Å². The fourth-order valence-corrected chi connectivity index (χ4v) is 10.0. The normalized spacial score (nSPS) is 24.7. The number of ether oxygens (including phenoxy) is 1. The summed E-state index contributed by atoms with van der Waals surface area (Å²) in [6.45, 7) is 5.64. The van der Waals surface area contributed by atoms with Crippen LogP contribution in [0.3, 0.4) is 0 Å². The first kappa shape index (κ1) is 38.9.